The van der Waals surface area contributed by atoms with E-state index in [1.165, 1.54) is 17.5 Å². The number of sulfonamides is 1. The molecule has 2 saturated heterocycles. The van der Waals surface area contributed by atoms with Gasteiger partial charge < -0.3 is 14.5 Å². The molecule has 2 aromatic carbocycles. The highest BCUT2D eigenvalue weighted by atomic mass is 32.2. The molecule has 11 heteroatoms. The third kappa shape index (κ3) is 6.38. The normalized spacial score (nSPS) is 17.6. The summed E-state index contributed by atoms with van der Waals surface area (Å²) in [6.45, 7) is 2.67. The smallest absolute Gasteiger partial charge is 0.416 e. The number of rotatable bonds is 7. The highest BCUT2D eigenvalue weighted by Gasteiger charge is 2.31. The van der Waals surface area contributed by atoms with Gasteiger partial charge in [-0.3, -0.25) is 4.79 Å². The molecule has 2 heterocycles. The van der Waals surface area contributed by atoms with E-state index in [2.05, 4.69) is 0 Å². The molecule has 37 heavy (non-hydrogen) atoms. The fourth-order valence-corrected chi connectivity index (χ4v) is 6.43. The predicted molar refractivity (Wildman–Crippen MR) is 134 cm³/mol. The van der Waals surface area contributed by atoms with Gasteiger partial charge in [0.2, 0.25) is 15.9 Å². The number of hydrogen-bond donors (Lipinski definition) is 0. The van der Waals surface area contributed by atoms with Gasteiger partial charge in [0, 0.05) is 51.4 Å². The average Bonchev–Trinajstić information content (AvgIpc) is 2.91. The van der Waals surface area contributed by atoms with Crippen LogP contribution >= 0.6 is 0 Å². The first-order valence-corrected chi connectivity index (χ1v) is 13.9. The summed E-state index contributed by atoms with van der Waals surface area (Å²) in [6, 6.07) is 9.98. The fourth-order valence-electron chi connectivity index (χ4n) is 4.86. The number of amides is 1. The Hall–Kier alpha value is -2.79. The third-order valence-corrected chi connectivity index (χ3v) is 8.88. The molecule has 4 rings (SSSR count). The van der Waals surface area contributed by atoms with Gasteiger partial charge in [0.25, 0.3) is 0 Å². The number of methoxy groups -OCH3 is 1. The van der Waals surface area contributed by atoms with E-state index in [-0.39, 0.29) is 17.2 Å². The first-order chi connectivity index (χ1) is 17.6. The molecule has 0 unspecified atom stereocenters. The first-order valence-electron chi connectivity index (χ1n) is 12.5. The maximum atomic E-state index is 13.1. The van der Waals surface area contributed by atoms with Gasteiger partial charge >= 0.3 is 6.18 Å². The zero-order chi connectivity index (χ0) is 26.6. The van der Waals surface area contributed by atoms with Crippen molar-refractivity contribution in [3.05, 3.63) is 53.6 Å². The van der Waals surface area contributed by atoms with Crippen LogP contribution in [-0.2, 0) is 27.4 Å². The highest BCUT2D eigenvalue weighted by molar-refractivity contribution is 7.89. The van der Waals surface area contributed by atoms with E-state index in [1.54, 1.807) is 29.2 Å². The molecular formula is C26H32F3N3O4S. The number of ether oxygens (including phenoxy) is 1. The summed E-state index contributed by atoms with van der Waals surface area (Å²) in [6.07, 6.45) is -1.20. The van der Waals surface area contributed by atoms with Gasteiger partial charge in [0.15, 0.2) is 0 Å². The third-order valence-electron chi connectivity index (χ3n) is 6.98. The monoisotopic (exact) mass is 539 g/mol. The number of hydrogen-bond acceptors (Lipinski definition) is 5. The van der Waals surface area contributed by atoms with E-state index < -0.39 is 21.8 Å². The second kappa shape index (κ2) is 11.3. The maximum absolute atomic E-state index is 13.1. The molecule has 0 bridgehead atoms. The highest BCUT2D eigenvalue weighted by Crippen LogP contribution is 2.32. The minimum atomic E-state index is -4.40. The predicted octanol–water partition coefficient (Wildman–Crippen LogP) is 4.17. The van der Waals surface area contributed by atoms with Crippen molar-refractivity contribution in [1.29, 1.82) is 0 Å². The van der Waals surface area contributed by atoms with Crippen LogP contribution in [0.2, 0.25) is 0 Å². The second-order valence-corrected chi connectivity index (χ2v) is 11.3. The van der Waals surface area contributed by atoms with Gasteiger partial charge in [-0.2, -0.15) is 17.5 Å². The van der Waals surface area contributed by atoms with Gasteiger partial charge in [0.05, 0.1) is 17.6 Å². The molecule has 0 aromatic heterocycles. The van der Waals surface area contributed by atoms with Crippen LogP contribution in [0.4, 0.5) is 18.9 Å². The molecule has 2 aliphatic rings. The minimum Gasteiger partial charge on any atom is -0.496 e. The number of alkyl halides is 3. The molecular weight excluding hydrogens is 507 g/mol. The van der Waals surface area contributed by atoms with Crippen molar-refractivity contribution in [2.75, 3.05) is 51.3 Å². The lowest BCUT2D eigenvalue weighted by Gasteiger charge is -2.36. The standard InChI is InChI=1S/C26H32F3N3O4S/c1-36-24-10-9-23(37(34,35)32-12-3-2-4-13-32)18-20(24)8-11-25(33)31-16-14-30(15-17-31)22-7-5-6-21(19-22)26(27,28)29/h5-7,9-10,18-19H,2-4,8,11-17H2,1H3. The molecule has 0 aliphatic carbocycles. The van der Waals surface area contributed by atoms with Crippen molar-refractivity contribution in [3.8, 4) is 5.75 Å². The van der Waals surface area contributed by atoms with Gasteiger partial charge in [-0.1, -0.05) is 12.5 Å². The summed E-state index contributed by atoms with van der Waals surface area (Å²) in [5.74, 6) is 0.440. The zero-order valence-electron chi connectivity index (χ0n) is 20.8. The Morgan fingerprint density at radius 2 is 1.65 bits per heavy atom. The van der Waals surface area contributed by atoms with E-state index in [9.17, 15) is 26.4 Å². The lowest BCUT2D eigenvalue weighted by molar-refractivity contribution is -0.137. The molecule has 7 nitrogen and oxygen atoms in total. The van der Waals surface area contributed by atoms with Crippen molar-refractivity contribution >= 4 is 21.6 Å². The van der Waals surface area contributed by atoms with E-state index in [0.29, 0.717) is 62.7 Å². The summed E-state index contributed by atoms with van der Waals surface area (Å²) in [5.41, 5.74) is 0.442. The molecule has 2 aromatic rings. The molecule has 0 saturated carbocycles. The van der Waals surface area contributed by atoms with Crippen molar-refractivity contribution < 1.29 is 31.1 Å². The first kappa shape index (κ1) is 27.3. The van der Waals surface area contributed by atoms with Crippen LogP contribution < -0.4 is 9.64 Å². The van der Waals surface area contributed by atoms with E-state index in [4.69, 9.17) is 4.74 Å². The van der Waals surface area contributed by atoms with Crippen molar-refractivity contribution in [1.82, 2.24) is 9.21 Å². The molecule has 0 N–H and O–H groups in total. The number of piperidine rings is 1. The maximum Gasteiger partial charge on any atom is 0.416 e. The Labute approximate surface area is 215 Å². The summed E-state index contributed by atoms with van der Waals surface area (Å²) < 4.78 is 72.3. The number of carbonyl (C=O) groups is 1. The number of nitrogens with zero attached hydrogens (tertiary/aromatic N) is 3. The van der Waals surface area contributed by atoms with Gasteiger partial charge in [0.1, 0.15) is 5.75 Å². The van der Waals surface area contributed by atoms with E-state index >= 15 is 0 Å². The van der Waals surface area contributed by atoms with E-state index in [0.717, 1.165) is 31.4 Å². The molecule has 0 atom stereocenters. The fraction of sp³-hybridized carbons (Fsp3) is 0.500. The van der Waals surface area contributed by atoms with E-state index in [1.807, 2.05) is 4.90 Å². The second-order valence-electron chi connectivity index (χ2n) is 9.35. The molecule has 2 aliphatic heterocycles. The summed E-state index contributed by atoms with van der Waals surface area (Å²) in [5, 5.41) is 0. The van der Waals surface area contributed by atoms with Crippen molar-refractivity contribution in [2.24, 2.45) is 0 Å². The Balaban J connectivity index is 1.37. The number of piperazine rings is 1. The quantitative estimate of drug-likeness (QED) is 0.528. The van der Waals surface area contributed by atoms with Crippen LogP contribution in [0.1, 0.15) is 36.8 Å². The molecule has 2 fully saturated rings. The Bertz CT molecular complexity index is 1210. The lowest BCUT2D eigenvalue weighted by Crippen LogP contribution is -2.48. The average molecular weight is 540 g/mol. The zero-order valence-corrected chi connectivity index (χ0v) is 21.7. The molecule has 1 amide bonds. The number of anilines is 1. The summed E-state index contributed by atoms with van der Waals surface area (Å²) in [7, 11) is -2.10. The Morgan fingerprint density at radius 1 is 0.946 bits per heavy atom. The lowest BCUT2D eigenvalue weighted by atomic mass is 10.1. The summed E-state index contributed by atoms with van der Waals surface area (Å²) >= 11 is 0. The molecule has 202 valence electrons. The minimum absolute atomic E-state index is 0.0879. The van der Waals surface area contributed by atoms with Gasteiger partial charge in [-0.15, -0.1) is 0 Å². The number of benzene rings is 2. The number of carbonyl (C=O) groups excluding carboxylic acids is 1. The topological polar surface area (TPSA) is 70.2 Å². The molecule has 0 radical (unpaired) electrons. The van der Waals surface area contributed by atoms with Crippen LogP contribution in [0, 0.1) is 0 Å². The number of aryl methyl sites for hydroxylation is 1. The molecule has 0 spiro atoms. The van der Waals surface area contributed by atoms with Gasteiger partial charge in [-0.25, -0.2) is 8.42 Å². The number of halogens is 3. The largest absolute Gasteiger partial charge is 0.496 e. The van der Waals surface area contributed by atoms with Crippen LogP contribution in [0.3, 0.4) is 0 Å². The van der Waals surface area contributed by atoms with Gasteiger partial charge in [-0.05, 0) is 61.2 Å². The van der Waals surface area contributed by atoms with Crippen LogP contribution in [0.25, 0.3) is 0 Å². The van der Waals surface area contributed by atoms with Crippen molar-refractivity contribution in [2.45, 2.75) is 43.2 Å². The van der Waals surface area contributed by atoms with Crippen LogP contribution in [-0.4, -0.2) is 69.9 Å². The summed E-state index contributed by atoms with van der Waals surface area (Å²) in [4.78, 5) is 16.7. The van der Waals surface area contributed by atoms with Crippen molar-refractivity contribution in [3.63, 3.8) is 0 Å². The van der Waals surface area contributed by atoms with Crippen LogP contribution in [0.5, 0.6) is 5.75 Å². The Kier molecular flexibility index (Phi) is 8.33. The van der Waals surface area contributed by atoms with Crippen LogP contribution in [0.15, 0.2) is 47.4 Å². The Morgan fingerprint density at radius 3 is 2.30 bits per heavy atom. The SMILES string of the molecule is COc1ccc(S(=O)(=O)N2CCCCC2)cc1CCC(=O)N1CCN(c2cccc(C(F)(F)F)c2)CC1.